The molecule has 0 bridgehead atoms. The third-order valence-corrected chi connectivity index (χ3v) is 7.10. The molecule has 4 aromatic carbocycles. The molecule has 192 valence electrons. The predicted molar refractivity (Wildman–Crippen MR) is 161 cm³/mol. The first kappa shape index (κ1) is 26.5. The smallest absolute Gasteiger partial charge is 0.238 e. The van der Waals surface area contributed by atoms with Crippen molar-refractivity contribution >= 4 is 44.0 Å². The van der Waals surface area contributed by atoms with Crippen molar-refractivity contribution in [3.8, 4) is 40.0 Å². The number of halogens is 2. The lowest BCUT2D eigenvalue weighted by Crippen LogP contribution is -1.99. The molecule has 0 amide bonds. The average molecular weight is 642 g/mol. The first-order valence-electron chi connectivity index (χ1n) is 12.0. The van der Waals surface area contributed by atoms with Crippen molar-refractivity contribution < 1.29 is 13.9 Å². The summed E-state index contributed by atoms with van der Waals surface area (Å²) in [5.41, 5.74) is 4.62. The Balaban J connectivity index is 1.49. The third kappa shape index (κ3) is 5.98. The second kappa shape index (κ2) is 12.2. The van der Waals surface area contributed by atoms with Crippen LogP contribution in [0, 0.1) is 11.3 Å². The van der Waals surface area contributed by atoms with Gasteiger partial charge in [-0.25, -0.2) is 4.99 Å². The van der Waals surface area contributed by atoms with E-state index in [0.29, 0.717) is 35.0 Å². The summed E-state index contributed by atoms with van der Waals surface area (Å²) in [6.07, 6.45) is 1.65. The van der Waals surface area contributed by atoms with E-state index in [0.717, 1.165) is 31.2 Å². The van der Waals surface area contributed by atoms with E-state index in [9.17, 15) is 5.26 Å². The van der Waals surface area contributed by atoms with Gasteiger partial charge in [-0.2, -0.15) is 5.26 Å². The van der Waals surface area contributed by atoms with Crippen LogP contribution >= 0.6 is 31.9 Å². The van der Waals surface area contributed by atoms with Crippen molar-refractivity contribution in [1.29, 1.82) is 5.26 Å². The molecule has 5 aromatic rings. The van der Waals surface area contributed by atoms with Crippen LogP contribution in [0.4, 0.5) is 5.88 Å². The monoisotopic (exact) mass is 640 g/mol. The minimum atomic E-state index is 0.237. The molecule has 0 fully saturated rings. The van der Waals surface area contributed by atoms with Crippen LogP contribution in [-0.4, -0.2) is 13.3 Å². The molecular weight excluding hydrogens is 620 g/mol. The highest BCUT2D eigenvalue weighted by Crippen LogP contribution is 2.43. The van der Waals surface area contributed by atoms with Crippen LogP contribution in [0.3, 0.4) is 0 Å². The molecule has 0 radical (unpaired) electrons. The van der Waals surface area contributed by atoms with Gasteiger partial charge in [0, 0.05) is 21.8 Å². The molecule has 5 nitrogen and oxygen atoms in total. The number of hydrogen-bond donors (Lipinski definition) is 0. The van der Waals surface area contributed by atoms with Crippen molar-refractivity contribution in [2.75, 3.05) is 7.11 Å². The highest BCUT2D eigenvalue weighted by atomic mass is 79.9. The summed E-state index contributed by atoms with van der Waals surface area (Å²) in [5.74, 6) is 1.98. The molecule has 7 heteroatoms. The number of hydrogen-bond acceptors (Lipinski definition) is 5. The number of benzene rings is 4. The van der Waals surface area contributed by atoms with Gasteiger partial charge in [0.2, 0.25) is 5.88 Å². The Morgan fingerprint density at radius 2 is 1.56 bits per heavy atom. The average Bonchev–Trinajstić information content (AvgIpc) is 3.35. The Morgan fingerprint density at radius 3 is 2.21 bits per heavy atom. The zero-order chi connectivity index (χ0) is 27.2. The van der Waals surface area contributed by atoms with Gasteiger partial charge in [-0.1, -0.05) is 88.7 Å². The lowest BCUT2D eigenvalue weighted by atomic mass is 9.98. The molecule has 0 aliphatic heterocycles. The number of furan rings is 1. The van der Waals surface area contributed by atoms with Gasteiger partial charge < -0.3 is 13.9 Å². The van der Waals surface area contributed by atoms with Crippen molar-refractivity contribution in [3.05, 3.63) is 123 Å². The van der Waals surface area contributed by atoms with E-state index >= 15 is 0 Å². The first-order valence-corrected chi connectivity index (χ1v) is 13.6. The zero-order valence-corrected chi connectivity index (χ0v) is 24.1. The fraction of sp³-hybridized carbons (Fsp3) is 0.0625. The van der Waals surface area contributed by atoms with Gasteiger partial charge in [-0.15, -0.1) is 0 Å². The molecule has 1 aromatic heterocycles. The summed E-state index contributed by atoms with van der Waals surface area (Å²) >= 11 is 7.05. The van der Waals surface area contributed by atoms with Crippen molar-refractivity contribution in [2.24, 2.45) is 4.99 Å². The standard InChI is InChI=1S/C32H22Br2N2O3/c1-37-28-17-22(16-27(34)31(28)38-20-21-12-14-25(33)15-13-21)19-36-32-26(18-35)29(23-8-4-2-5-9-23)30(39-32)24-10-6-3-7-11-24/h2-17,19H,20H2,1H3. The Hall–Kier alpha value is -4.12. The van der Waals surface area contributed by atoms with Gasteiger partial charge >= 0.3 is 0 Å². The summed E-state index contributed by atoms with van der Waals surface area (Å²) in [7, 11) is 1.59. The Bertz CT molecular complexity index is 1660. The van der Waals surface area contributed by atoms with E-state index in [-0.39, 0.29) is 5.88 Å². The Labute approximate surface area is 243 Å². The topological polar surface area (TPSA) is 67.8 Å². The molecule has 0 spiro atoms. The van der Waals surface area contributed by atoms with Crippen molar-refractivity contribution in [3.63, 3.8) is 0 Å². The van der Waals surface area contributed by atoms with Gasteiger partial charge in [0.25, 0.3) is 0 Å². The molecule has 39 heavy (non-hydrogen) atoms. The van der Waals surface area contributed by atoms with E-state index in [2.05, 4.69) is 42.9 Å². The largest absolute Gasteiger partial charge is 0.493 e. The number of nitrogens with zero attached hydrogens (tertiary/aromatic N) is 2. The summed E-state index contributed by atoms with van der Waals surface area (Å²) in [5, 5.41) is 10.1. The van der Waals surface area contributed by atoms with E-state index < -0.39 is 0 Å². The van der Waals surface area contributed by atoms with Crippen LogP contribution < -0.4 is 9.47 Å². The molecule has 0 saturated heterocycles. The fourth-order valence-electron chi connectivity index (χ4n) is 4.11. The number of ether oxygens (including phenoxy) is 2. The normalized spacial score (nSPS) is 10.9. The minimum Gasteiger partial charge on any atom is -0.493 e. The maximum atomic E-state index is 10.1. The quantitative estimate of drug-likeness (QED) is 0.158. The molecule has 0 atom stereocenters. The number of nitriles is 1. The SMILES string of the molecule is COc1cc(C=Nc2oc(-c3ccccc3)c(-c3ccccc3)c2C#N)cc(Br)c1OCc1ccc(Br)cc1. The van der Waals surface area contributed by atoms with Crippen LogP contribution in [0.2, 0.25) is 0 Å². The van der Waals surface area contributed by atoms with Gasteiger partial charge in [0.1, 0.15) is 24.0 Å². The predicted octanol–water partition coefficient (Wildman–Crippen LogP) is 9.35. The van der Waals surface area contributed by atoms with E-state index in [1.165, 1.54) is 0 Å². The molecular formula is C32H22Br2N2O3. The summed E-state index contributed by atoms with van der Waals surface area (Å²) < 4.78 is 19.6. The van der Waals surface area contributed by atoms with Gasteiger partial charge in [-0.05, 0) is 56.9 Å². The van der Waals surface area contributed by atoms with Crippen LogP contribution in [0.1, 0.15) is 16.7 Å². The maximum absolute atomic E-state index is 10.1. The van der Waals surface area contributed by atoms with Crippen molar-refractivity contribution in [2.45, 2.75) is 6.61 Å². The summed E-state index contributed by atoms with van der Waals surface area (Å²) in [6.45, 7) is 0.387. The lowest BCUT2D eigenvalue weighted by molar-refractivity contribution is 0.282. The molecule has 0 saturated carbocycles. The van der Waals surface area contributed by atoms with E-state index in [1.807, 2.05) is 97.1 Å². The van der Waals surface area contributed by atoms with E-state index in [4.69, 9.17) is 13.9 Å². The van der Waals surface area contributed by atoms with Crippen molar-refractivity contribution in [1.82, 2.24) is 0 Å². The first-order chi connectivity index (χ1) is 19.1. The van der Waals surface area contributed by atoms with E-state index in [1.54, 1.807) is 13.3 Å². The lowest BCUT2D eigenvalue weighted by Gasteiger charge is -2.13. The minimum absolute atomic E-state index is 0.237. The highest BCUT2D eigenvalue weighted by molar-refractivity contribution is 9.10. The Morgan fingerprint density at radius 1 is 0.897 bits per heavy atom. The number of aliphatic imine (C=N–C) groups is 1. The van der Waals surface area contributed by atoms with Crippen LogP contribution in [0.15, 0.2) is 115 Å². The van der Waals surface area contributed by atoms with Gasteiger partial charge in [0.15, 0.2) is 11.5 Å². The second-order valence-corrected chi connectivity index (χ2v) is 10.3. The number of methoxy groups -OCH3 is 1. The molecule has 1 heterocycles. The van der Waals surface area contributed by atoms with Crippen LogP contribution in [-0.2, 0) is 6.61 Å². The summed E-state index contributed by atoms with van der Waals surface area (Å²) in [6, 6.07) is 33.4. The molecule has 0 aliphatic carbocycles. The van der Waals surface area contributed by atoms with Crippen LogP contribution in [0.5, 0.6) is 11.5 Å². The molecule has 0 aliphatic rings. The van der Waals surface area contributed by atoms with Gasteiger partial charge in [0.05, 0.1) is 11.6 Å². The highest BCUT2D eigenvalue weighted by Gasteiger charge is 2.22. The van der Waals surface area contributed by atoms with Crippen LogP contribution in [0.25, 0.3) is 22.5 Å². The molecule has 5 rings (SSSR count). The van der Waals surface area contributed by atoms with Gasteiger partial charge in [-0.3, -0.25) is 0 Å². The zero-order valence-electron chi connectivity index (χ0n) is 20.9. The third-order valence-electron chi connectivity index (χ3n) is 5.98. The Kier molecular flexibility index (Phi) is 8.26. The fourth-order valence-corrected chi connectivity index (χ4v) is 4.95. The molecule has 0 unspecified atom stereocenters. The second-order valence-electron chi connectivity index (χ2n) is 8.54. The number of rotatable bonds is 8. The molecule has 0 N–H and O–H groups in total. The summed E-state index contributed by atoms with van der Waals surface area (Å²) in [4.78, 5) is 4.59. The maximum Gasteiger partial charge on any atom is 0.238 e.